The fourth-order valence-electron chi connectivity index (χ4n) is 4.30. The minimum absolute atomic E-state index is 0.0310. The highest BCUT2D eigenvalue weighted by Gasteiger charge is 2.29. The van der Waals surface area contributed by atoms with Gasteiger partial charge < -0.3 is 25.3 Å². The monoisotopic (exact) mass is 500 g/mol. The van der Waals surface area contributed by atoms with Crippen LogP contribution in [0.2, 0.25) is 0 Å². The van der Waals surface area contributed by atoms with Crippen LogP contribution in [0.5, 0.6) is 11.5 Å². The molecule has 1 aliphatic heterocycles. The Kier molecular flexibility index (Phi) is 9.93. The van der Waals surface area contributed by atoms with Crippen molar-refractivity contribution < 1.29 is 23.4 Å². The predicted octanol–water partition coefficient (Wildman–Crippen LogP) is 4.48. The summed E-state index contributed by atoms with van der Waals surface area (Å²) < 4.78 is 32.9. The number of nitrogen functional groups attached to an aromatic ring is 1. The molecule has 1 heterocycles. The van der Waals surface area contributed by atoms with Gasteiger partial charge in [-0.3, -0.25) is 10.3 Å². The van der Waals surface area contributed by atoms with E-state index in [9.17, 15) is 4.79 Å². The van der Waals surface area contributed by atoms with Gasteiger partial charge in [0.15, 0.2) is 17.6 Å². The minimum Gasteiger partial charge on any atom is -0.494 e. The first-order chi connectivity index (χ1) is 17.3. The number of carbonyl (C=O) groups is 1. The molecule has 36 heavy (non-hydrogen) atoms. The van der Waals surface area contributed by atoms with Crippen LogP contribution in [-0.2, 0) is 9.53 Å². The highest BCUT2D eigenvalue weighted by molar-refractivity contribution is 5.95. The second kappa shape index (κ2) is 13.1. The normalized spacial score (nSPS) is 15.6. The van der Waals surface area contributed by atoms with E-state index in [0.29, 0.717) is 30.2 Å². The lowest BCUT2D eigenvalue weighted by atomic mass is 10.0. The van der Waals surface area contributed by atoms with E-state index in [4.69, 9.17) is 25.4 Å². The van der Waals surface area contributed by atoms with Crippen molar-refractivity contribution in [1.82, 2.24) is 4.90 Å². The molecule has 0 spiro atoms. The summed E-state index contributed by atoms with van der Waals surface area (Å²) in [5, 5.41) is 10.6. The summed E-state index contributed by atoms with van der Waals surface area (Å²) in [5.74, 6) is -0.914. The van der Waals surface area contributed by atoms with Gasteiger partial charge in [0, 0.05) is 29.4 Å². The number of rotatable bonds is 12. The molecule has 1 aliphatic rings. The zero-order chi connectivity index (χ0) is 26.1. The van der Waals surface area contributed by atoms with Gasteiger partial charge in [0.25, 0.3) is 0 Å². The van der Waals surface area contributed by atoms with Crippen LogP contribution in [0, 0.1) is 11.2 Å². The van der Waals surface area contributed by atoms with Gasteiger partial charge in [-0.1, -0.05) is 6.42 Å². The number of halogens is 1. The number of nitrogens with one attached hydrogen (secondary N) is 2. The summed E-state index contributed by atoms with van der Waals surface area (Å²) in [6.45, 7) is 8.67. The van der Waals surface area contributed by atoms with Crippen molar-refractivity contribution in [3.63, 3.8) is 0 Å². The number of esters is 1. The van der Waals surface area contributed by atoms with Crippen LogP contribution in [-0.4, -0.2) is 55.7 Å². The molecule has 2 aromatic carbocycles. The highest BCUT2D eigenvalue weighted by atomic mass is 19.1. The molecule has 4 N–H and O–H groups in total. The quantitative estimate of drug-likeness (QED) is 0.224. The van der Waals surface area contributed by atoms with Gasteiger partial charge >= 0.3 is 5.97 Å². The van der Waals surface area contributed by atoms with Crippen LogP contribution in [0.3, 0.4) is 0 Å². The summed E-state index contributed by atoms with van der Waals surface area (Å²) in [6, 6.07) is 8.52. The summed E-state index contributed by atoms with van der Waals surface area (Å²) in [5.41, 5.74) is 6.68. The molecule has 0 radical (unpaired) electrons. The van der Waals surface area contributed by atoms with Crippen LogP contribution in [0.4, 0.5) is 10.1 Å². The first-order valence-corrected chi connectivity index (χ1v) is 12.5. The maximum absolute atomic E-state index is 15.9. The fourth-order valence-corrected chi connectivity index (χ4v) is 4.30. The molecular formula is C27H37FN4O4. The molecule has 8 nitrogen and oxygen atoms in total. The van der Waals surface area contributed by atoms with Crippen molar-refractivity contribution in [3.05, 3.63) is 53.3 Å². The van der Waals surface area contributed by atoms with E-state index in [-0.39, 0.29) is 29.9 Å². The van der Waals surface area contributed by atoms with Crippen molar-refractivity contribution in [2.45, 2.75) is 52.2 Å². The average Bonchev–Trinajstić information content (AvgIpc) is 2.85. The molecule has 0 aromatic heterocycles. The number of amidine groups is 1. The topological polar surface area (TPSA) is 110 Å². The molecule has 0 bridgehead atoms. The lowest BCUT2D eigenvalue weighted by molar-refractivity contribution is -0.144. The van der Waals surface area contributed by atoms with Crippen molar-refractivity contribution in [2.24, 2.45) is 5.73 Å². The number of hydrogen-bond donors (Lipinski definition) is 3. The van der Waals surface area contributed by atoms with E-state index in [2.05, 4.69) is 10.2 Å². The number of nitrogens with zero attached hydrogens (tertiary/aromatic N) is 1. The van der Waals surface area contributed by atoms with E-state index in [1.54, 1.807) is 31.2 Å². The molecule has 0 saturated carbocycles. The van der Waals surface area contributed by atoms with Crippen molar-refractivity contribution in [1.29, 1.82) is 5.41 Å². The summed E-state index contributed by atoms with van der Waals surface area (Å²) in [6.07, 6.45) is 3.30. The Balaban J connectivity index is 1.91. The third-order valence-corrected chi connectivity index (χ3v) is 5.98. The second-order valence-corrected chi connectivity index (χ2v) is 8.87. The molecule has 196 valence electrons. The SMILES string of the molecule is CCOC(=O)C(Nc1ccc(C(=N)N)cc1)c1cc(OCC)cc(OC(C)CN2CCCCC2)c1F. The maximum Gasteiger partial charge on any atom is 0.333 e. The van der Waals surface area contributed by atoms with Gasteiger partial charge in [-0.2, -0.15) is 0 Å². The molecule has 1 saturated heterocycles. The zero-order valence-corrected chi connectivity index (χ0v) is 21.3. The predicted molar refractivity (Wildman–Crippen MR) is 138 cm³/mol. The van der Waals surface area contributed by atoms with Crippen molar-refractivity contribution >= 4 is 17.5 Å². The van der Waals surface area contributed by atoms with Gasteiger partial charge in [0.2, 0.25) is 0 Å². The Morgan fingerprint density at radius 3 is 2.44 bits per heavy atom. The van der Waals surface area contributed by atoms with E-state index in [1.807, 2.05) is 13.8 Å². The number of nitrogens with two attached hydrogens (primary N) is 1. The van der Waals surface area contributed by atoms with Crippen LogP contribution in [0.25, 0.3) is 0 Å². The Labute approximate surface area is 212 Å². The van der Waals surface area contributed by atoms with E-state index < -0.39 is 17.8 Å². The van der Waals surface area contributed by atoms with E-state index in [0.717, 1.165) is 25.9 Å². The largest absolute Gasteiger partial charge is 0.494 e. The van der Waals surface area contributed by atoms with Crippen LogP contribution < -0.4 is 20.5 Å². The minimum atomic E-state index is -1.15. The standard InChI is InChI=1S/C27H37FN4O4/c1-4-34-21-15-22(24(28)23(16-21)36-18(3)17-32-13-7-6-8-14-32)25(27(33)35-5-2)31-20-11-9-19(10-12-20)26(29)30/h9-12,15-16,18,25,31H,4-8,13-14,17H2,1-3H3,(H3,29,30). The van der Waals surface area contributed by atoms with Crippen LogP contribution in [0.1, 0.15) is 57.2 Å². The number of carbonyl (C=O) groups excluding carboxylic acids is 1. The fraction of sp³-hybridized carbons (Fsp3) is 0.481. The maximum atomic E-state index is 15.9. The van der Waals surface area contributed by atoms with Crippen LogP contribution in [0.15, 0.2) is 36.4 Å². The average molecular weight is 501 g/mol. The van der Waals surface area contributed by atoms with Crippen LogP contribution >= 0.6 is 0 Å². The summed E-state index contributed by atoms with van der Waals surface area (Å²) in [4.78, 5) is 15.3. The third-order valence-electron chi connectivity index (χ3n) is 5.98. The Bertz CT molecular complexity index is 1030. The van der Waals surface area contributed by atoms with Crippen molar-refractivity contribution in [2.75, 3.05) is 38.2 Å². The Morgan fingerprint density at radius 1 is 1.14 bits per heavy atom. The number of ether oxygens (including phenoxy) is 3. The lowest BCUT2D eigenvalue weighted by Crippen LogP contribution is -2.37. The van der Waals surface area contributed by atoms with E-state index >= 15 is 4.39 Å². The third kappa shape index (κ3) is 7.34. The first kappa shape index (κ1) is 27.3. The highest BCUT2D eigenvalue weighted by Crippen LogP contribution is 2.34. The van der Waals surface area contributed by atoms with Gasteiger partial charge in [-0.15, -0.1) is 0 Å². The molecule has 9 heteroatoms. The number of anilines is 1. The molecule has 1 fully saturated rings. The lowest BCUT2D eigenvalue weighted by Gasteiger charge is -2.29. The number of piperidine rings is 1. The number of likely N-dealkylation sites (tertiary alicyclic amines) is 1. The smallest absolute Gasteiger partial charge is 0.333 e. The summed E-state index contributed by atoms with van der Waals surface area (Å²) >= 11 is 0. The number of benzene rings is 2. The summed E-state index contributed by atoms with van der Waals surface area (Å²) in [7, 11) is 0. The van der Waals surface area contributed by atoms with Gasteiger partial charge in [0.05, 0.1) is 13.2 Å². The van der Waals surface area contributed by atoms with Gasteiger partial charge in [-0.05, 0) is 77.0 Å². The van der Waals surface area contributed by atoms with Gasteiger partial charge in [-0.25, -0.2) is 9.18 Å². The first-order valence-electron chi connectivity index (χ1n) is 12.5. The molecule has 0 amide bonds. The van der Waals surface area contributed by atoms with E-state index in [1.165, 1.54) is 18.6 Å². The van der Waals surface area contributed by atoms with Gasteiger partial charge in [0.1, 0.15) is 17.7 Å². The Hall–Kier alpha value is -3.33. The number of hydrogen-bond acceptors (Lipinski definition) is 7. The molecule has 3 rings (SSSR count). The molecule has 2 aromatic rings. The zero-order valence-electron chi connectivity index (χ0n) is 21.3. The molecule has 0 aliphatic carbocycles. The van der Waals surface area contributed by atoms with Crippen molar-refractivity contribution in [3.8, 4) is 11.5 Å². The molecular weight excluding hydrogens is 463 g/mol. The molecule has 2 atom stereocenters. The Morgan fingerprint density at radius 2 is 1.83 bits per heavy atom. The molecule has 2 unspecified atom stereocenters. The second-order valence-electron chi connectivity index (χ2n) is 8.87.